The minimum absolute atomic E-state index is 0.0176. The minimum Gasteiger partial charge on any atom is -0.480 e. The fourth-order valence-corrected chi connectivity index (χ4v) is 3.58. The van der Waals surface area contributed by atoms with E-state index in [9.17, 15) is 29.1 Å². The van der Waals surface area contributed by atoms with Gasteiger partial charge in [-0.05, 0) is 51.7 Å². The maximum Gasteiger partial charge on any atom is 0.326 e. The molecule has 0 aromatic heterocycles. The van der Waals surface area contributed by atoms with E-state index in [-0.39, 0.29) is 76.7 Å². The van der Waals surface area contributed by atoms with Crippen LogP contribution in [0.15, 0.2) is 0 Å². The van der Waals surface area contributed by atoms with Gasteiger partial charge in [-0.1, -0.05) is 13.3 Å². The largest absolute Gasteiger partial charge is 0.480 e. The quantitative estimate of drug-likeness (QED) is 0.0421. The van der Waals surface area contributed by atoms with E-state index in [1.807, 2.05) is 0 Å². The molecule has 0 aliphatic rings. The average Bonchev–Trinajstić information content (AvgIpc) is 3.01. The Bertz CT molecular complexity index is 806. The number of aliphatic carboxylic acids is 1. The maximum absolute atomic E-state index is 12.0. The first-order valence-electron chi connectivity index (χ1n) is 15.8. The monoisotopic (exact) mass is 648 g/mol. The zero-order valence-electron chi connectivity index (χ0n) is 26.8. The molecule has 0 aromatic rings. The normalized spacial score (nSPS) is 11.5. The predicted octanol–water partition coefficient (Wildman–Crippen LogP) is -1.34. The first-order valence-corrected chi connectivity index (χ1v) is 15.8. The van der Waals surface area contributed by atoms with Crippen LogP contribution in [0.5, 0.6) is 0 Å². The predicted molar refractivity (Wildman–Crippen MR) is 166 cm³/mol. The molecule has 0 aliphatic heterocycles. The number of hydrogen-bond acceptors (Lipinski definition) is 11. The van der Waals surface area contributed by atoms with E-state index in [1.54, 1.807) is 0 Å². The van der Waals surface area contributed by atoms with Crippen LogP contribution in [0.4, 0.5) is 0 Å². The second-order valence-electron chi connectivity index (χ2n) is 10.1. The number of nitrogens with one attached hydrogen (secondary N) is 5. The van der Waals surface area contributed by atoms with Crippen molar-refractivity contribution in [2.45, 2.75) is 64.3 Å². The summed E-state index contributed by atoms with van der Waals surface area (Å²) < 4.78 is 21.1. The summed E-state index contributed by atoms with van der Waals surface area (Å²) in [6.07, 6.45) is 5.04. The van der Waals surface area contributed by atoms with Gasteiger partial charge in [0.2, 0.25) is 23.6 Å². The third-order valence-corrected chi connectivity index (χ3v) is 6.06. The van der Waals surface area contributed by atoms with Gasteiger partial charge in [-0.3, -0.25) is 19.2 Å². The Labute approximate surface area is 266 Å². The van der Waals surface area contributed by atoms with Gasteiger partial charge in [-0.25, -0.2) is 4.79 Å². The lowest BCUT2D eigenvalue weighted by atomic mass is 10.1. The number of amides is 4. The molecule has 45 heavy (non-hydrogen) atoms. The zero-order chi connectivity index (χ0) is 33.4. The number of ether oxygens (including phenoxy) is 4. The number of carbonyl (C=O) groups excluding carboxylic acids is 4. The smallest absolute Gasteiger partial charge is 0.326 e. The van der Waals surface area contributed by atoms with Gasteiger partial charge in [-0.2, -0.15) is 0 Å². The topological polar surface area (TPSA) is 229 Å². The van der Waals surface area contributed by atoms with Crippen LogP contribution in [0, 0.1) is 0 Å². The molecule has 0 rings (SSSR count). The molecule has 8 N–H and O–H groups in total. The lowest BCUT2D eigenvalue weighted by Gasteiger charge is -2.14. The molecule has 0 heterocycles. The molecule has 0 saturated carbocycles. The van der Waals surface area contributed by atoms with E-state index in [0.717, 1.165) is 38.8 Å². The lowest BCUT2D eigenvalue weighted by molar-refractivity contribution is -0.143. The molecule has 16 heteroatoms. The molecule has 0 saturated heterocycles. The van der Waals surface area contributed by atoms with Crippen molar-refractivity contribution < 1.29 is 48.0 Å². The first-order chi connectivity index (χ1) is 21.8. The number of rotatable bonds is 32. The summed E-state index contributed by atoms with van der Waals surface area (Å²) in [7, 11) is 0. The number of nitrogens with two attached hydrogens (primary N) is 1. The summed E-state index contributed by atoms with van der Waals surface area (Å²) in [5, 5.41) is 23.2. The van der Waals surface area contributed by atoms with Crippen molar-refractivity contribution in [2.75, 3.05) is 92.1 Å². The molecular weight excluding hydrogens is 592 g/mol. The zero-order valence-corrected chi connectivity index (χ0v) is 26.8. The van der Waals surface area contributed by atoms with Crippen molar-refractivity contribution >= 4 is 29.6 Å². The van der Waals surface area contributed by atoms with Crippen LogP contribution in [0.2, 0.25) is 0 Å². The first kappa shape index (κ1) is 42.1. The molecular formula is C29H56N6O10. The Kier molecular flexibility index (Phi) is 29.1. The Hall–Kier alpha value is -2.89. The summed E-state index contributed by atoms with van der Waals surface area (Å²) >= 11 is 0. The number of carboxylic acids is 1. The fourth-order valence-electron chi connectivity index (χ4n) is 3.58. The molecule has 4 amide bonds. The lowest BCUT2D eigenvalue weighted by Crippen LogP contribution is -2.43. The van der Waals surface area contributed by atoms with E-state index in [4.69, 9.17) is 24.7 Å². The van der Waals surface area contributed by atoms with Crippen molar-refractivity contribution in [3.8, 4) is 0 Å². The highest BCUT2D eigenvalue weighted by atomic mass is 16.5. The summed E-state index contributed by atoms with van der Waals surface area (Å²) in [5.74, 6) is -2.47. The van der Waals surface area contributed by atoms with Crippen LogP contribution >= 0.6 is 0 Å². The average molecular weight is 649 g/mol. The van der Waals surface area contributed by atoms with Crippen LogP contribution in [-0.4, -0.2) is 133 Å². The summed E-state index contributed by atoms with van der Waals surface area (Å²) in [6, 6.07) is -1.20. The number of hydrogen-bond donors (Lipinski definition) is 7. The Balaban J connectivity index is 3.69. The Morgan fingerprint density at radius 2 is 1.16 bits per heavy atom. The SMILES string of the molecule is CCCCNCCCCNC(=O)CCC(NC(=O)COCCOCCNC(=O)COCCOCCNC(=O)CCCN)C(=O)O. The highest BCUT2D eigenvalue weighted by molar-refractivity contribution is 5.85. The molecule has 0 fully saturated rings. The Morgan fingerprint density at radius 1 is 0.622 bits per heavy atom. The van der Waals surface area contributed by atoms with Gasteiger partial charge in [0.1, 0.15) is 19.3 Å². The van der Waals surface area contributed by atoms with Crippen LogP contribution in [0.3, 0.4) is 0 Å². The van der Waals surface area contributed by atoms with Crippen molar-refractivity contribution in [1.29, 1.82) is 0 Å². The standard InChI is InChI=1S/C29H56N6O10/c1-2-3-11-31-12-4-5-13-32-26(37)9-8-24(29(40)41)35-28(39)23-45-21-19-43-17-15-34-27(38)22-44-20-18-42-16-14-33-25(36)7-6-10-30/h24,31H,2-23,30H2,1H3,(H,32,37)(H,33,36)(H,34,38)(H,35,39)(H,40,41). The van der Waals surface area contributed by atoms with Crippen LogP contribution in [0.1, 0.15) is 58.3 Å². The highest BCUT2D eigenvalue weighted by Crippen LogP contribution is 1.99. The molecule has 262 valence electrons. The van der Waals surface area contributed by atoms with Gasteiger partial charge < -0.3 is 56.4 Å². The number of carboxylic acid groups (broad SMARTS) is 1. The van der Waals surface area contributed by atoms with Crippen LogP contribution < -0.4 is 32.3 Å². The minimum atomic E-state index is -1.23. The summed E-state index contributed by atoms with van der Waals surface area (Å²) in [6.45, 7) is 6.54. The van der Waals surface area contributed by atoms with Crippen LogP contribution in [-0.2, 0) is 42.9 Å². The molecule has 1 atom stereocenters. The fraction of sp³-hybridized carbons (Fsp3) is 0.828. The van der Waals surface area contributed by atoms with E-state index in [0.29, 0.717) is 45.7 Å². The molecule has 0 aromatic carbocycles. The van der Waals surface area contributed by atoms with Gasteiger partial charge in [0.05, 0.1) is 39.6 Å². The molecule has 0 aliphatic carbocycles. The number of unbranched alkanes of at least 4 members (excludes halogenated alkanes) is 2. The number of carbonyl (C=O) groups is 5. The molecule has 0 bridgehead atoms. The maximum atomic E-state index is 12.0. The van der Waals surface area contributed by atoms with E-state index in [1.165, 1.54) is 0 Å². The van der Waals surface area contributed by atoms with Crippen molar-refractivity contribution in [3.63, 3.8) is 0 Å². The molecule has 0 spiro atoms. The van der Waals surface area contributed by atoms with E-state index < -0.39 is 17.9 Å². The second kappa shape index (κ2) is 31.1. The van der Waals surface area contributed by atoms with Crippen molar-refractivity contribution in [3.05, 3.63) is 0 Å². The third-order valence-electron chi connectivity index (χ3n) is 6.06. The molecule has 1 unspecified atom stereocenters. The van der Waals surface area contributed by atoms with Crippen molar-refractivity contribution in [2.24, 2.45) is 5.73 Å². The van der Waals surface area contributed by atoms with E-state index >= 15 is 0 Å². The Morgan fingerprint density at radius 3 is 1.78 bits per heavy atom. The highest BCUT2D eigenvalue weighted by Gasteiger charge is 2.21. The molecule has 16 nitrogen and oxygen atoms in total. The van der Waals surface area contributed by atoms with Crippen LogP contribution in [0.25, 0.3) is 0 Å². The second-order valence-corrected chi connectivity index (χ2v) is 10.1. The summed E-state index contributed by atoms with van der Waals surface area (Å²) in [5.41, 5.74) is 5.35. The van der Waals surface area contributed by atoms with E-state index in [2.05, 4.69) is 33.5 Å². The van der Waals surface area contributed by atoms with Gasteiger partial charge in [-0.15, -0.1) is 0 Å². The van der Waals surface area contributed by atoms with Gasteiger partial charge in [0.25, 0.3) is 0 Å². The van der Waals surface area contributed by atoms with Crippen molar-refractivity contribution in [1.82, 2.24) is 26.6 Å². The van der Waals surface area contributed by atoms with Gasteiger partial charge in [0.15, 0.2) is 0 Å². The third kappa shape index (κ3) is 29.6. The van der Waals surface area contributed by atoms with Gasteiger partial charge in [0, 0.05) is 32.5 Å². The molecule has 0 radical (unpaired) electrons. The van der Waals surface area contributed by atoms with Gasteiger partial charge >= 0.3 is 5.97 Å². The summed E-state index contributed by atoms with van der Waals surface area (Å²) in [4.78, 5) is 58.7.